The smallest absolute Gasteiger partial charge is 0.191 e. The molecule has 2 aromatic rings. The number of aliphatic imine (C=N–C) groups is 1. The average molecular weight is 424 g/mol. The van der Waals surface area contributed by atoms with Crippen LogP contribution in [-0.4, -0.2) is 35.4 Å². The van der Waals surface area contributed by atoms with Crippen LogP contribution < -0.4 is 10.6 Å². The molecule has 1 aromatic carbocycles. The Labute approximate surface area is 163 Å². The number of rotatable bonds is 6. The van der Waals surface area contributed by atoms with Crippen molar-refractivity contribution in [1.29, 1.82) is 0 Å². The van der Waals surface area contributed by atoms with Gasteiger partial charge in [-0.3, -0.25) is 9.67 Å². The summed E-state index contributed by atoms with van der Waals surface area (Å²) in [5.41, 5.74) is 4.19. The SMILES string of the molecule is CN=C(NCCc1cc(Br)ccc1F)NC(C)Cc1c(C)nn(C)c1C. The molecule has 0 radical (unpaired) electrons. The molecular weight excluding hydrogens is 397 g/mol. The van der Waals surface area contributed by atoms with E-state index in [1.165, 1.54) is 17.3 Å². The van der Waals surface area contributed by atoms with E-state index in [2.05, 4.69) is 50.5 Å². The average Bonchev–Trinajstić information content (AvgIpc) is 2.83. The maximum absolute atomic E-state index is 13.8. The van der Waals surface area contributed by atoms with Crippen molar-refractivity contribution in [3.8, 4) is 0 Å². The Morgan fingerprint density at radius 1 is 1.38 bits per heavy atom. The molecule has 2 rings (SSSR count). The van der Waals surface area contributed by atoms with Gasteiger partial charge in [0, 0.05) is 36.8 Å². The minimum Gasteiger partial charge on any atom is -0.356 e. The van der Waals surface area contributed by atoms with Crippen molar-refractivity contribution in [2.45, 2.75) is 39.7 Å². The molecule has 0 saturated heterocycles. The number of nitrogens with zero attached hydrogens (tertiary/aromatic N) is 3. The maximum atomic E-state index is 13.8. The molecule has 1 unspecified atom stereocenters. The predicted molar refractivity (Wildman–Crippen MR) is 108 cm³/mol. The number of benzene rings is 1. The topological polar surface area (TPSA) is 54.2 Å². The normalized spacial score (nSPS) is 13.0. The van der Waals surface area contributed by atoms with Crippen molar-refractivity contribution in [2.75, 3.05) is 13.6 Å². The fourth-order valence-corrected chi connectivity index (χ4v) is 3.36. The van der Waals surface area contributed by atoms with Gasteiger partial charge in [0.05, 0.1) is 5.69 Å². The van der Waals surface area contributed by atoms with Gasteiger partial charge in [-0.25, -0.2) is 4.39 Å². The molecule has 5 nitrogen and oxygen atoms in total. The molecular formula is C19H27BrFN5. The molecule has 0 bridgehead atoms. The van der Waals surface area contributed by atoms with Crippen molar-refractivity contribution in [2.24, 2.45) is 12.0 Å². The first-order chi connectivity index (χ1) is 12.3. The summed E-state index contributed by atoms with van der Waals surface area (Å²) in [5, 5.41) is 11.1. The third-order valence-corrected chi connectivity index (χ3v) is 4.96. The predicted octanol–water partition coefficient (Wildman–Crippen LogP) is 3.28. The molecule has 142 valence electrons. The van der Waals surface area contributed by atoms with Gasteiger partial charge in [-0.2, -0.15) is 5.10 Å². The van der Waals surface area contributed by atoms with Crippen molar-refractivity contribution in [3.05, 3.63) is 51.0 Å². The zero-order valence-electron chi connectivity index (χ0n) is 16.0. The Kier molecular flexibility index (Phi) is 7.20. The number of halogens is 2. The van der Waals surface area contributed by atoms with Gasteiger partial charge in [0.15, 0.2) is 5.96 Å². The lowest BCUT2D eigenvalue weighted by Gasteiger charge is -2.18. The minimum atomic E-state index is -0.186. The molecule has 0 saturated carbocycles. The molecule has 0 aliphatic heterocycles. The highest BCUT2D eigenvalue weighted by molar-refractivity contribution is 9.10. The van der Waals surface area contributed by atoms with Crippen LogP contribution in [0.1, 0.15) is 29.4 Å². The highest BCUT2D eigenvalue weighted by Crippen LogP contribution is 2.16. The third-order valence-electron chi connectivity index (χ3n) is 4.47. The van der Waals surface area contributed by atoms with Gasteiger partial charge >= 0.3 is 0 Å². The van der Waals surface area contributed by atoms with E-state index in [-0.39, 0.29) is 11.9 Å². The summed E-state index contributed by atoms with van der Waals surface area (Å²) in [5.74, 6) is 0.529. The zero-order valence-corrected chi connectivity index (χ0v) is 17.6. The molecule has 1 atom stereocenters. The fraction of sp³-hybridized carbons (Fsp3) is 0.474. The minimum absolute atomic E-state index is 0.186. The Morgan fingerprint density at radius 3 is 2.73 bits per heavy atom. The molecule has 2 N–H and O–H groups in total. The van der Waals surface area contributed by atoms with E-state index in [1.807, 2.05) is 24.7 Å². The maximum Gasteiger partial charge on any atom is 0.191 e. The van der Waals surface area contributed by atoms with E-state index in [0.29, 0.717) is 24.5 Å². The van der Waals surface area contributed by atoms with E-state index in [1.54, 1.807) is 13.1 Å². The summed E-state index contributed by atoms with van der Waals surface area (Å²) in [6, 6.07) is 5.19. The van der Waals surface area contributed by atoms with Gasteiger partial charge < -0.3 is 10.6 Å². The van der Waals surface area contributed by atoms with E-state index >= 15 is 0 Å². The van der Waals surface area contributed by atoms with Crippen LogP contribution in [0.5, 0.6) is 0 Å². The summed E-state index contributed by atoms with van der Waals surface area (Å²) >= 11 is 3.38. The Hall–Kier alpha value is -1.89. The summed E-state index contributed by atoms with van der Waals surface area (Å²) in [6.07, 6.45) is 1.45. The van der Waals surface area contributed by atoms with Crippen LogP contribution in [0.25, 0.3) is 0 Å². The lowest BCUT2D eigenvalue weighted by atomic mass is 10.1. The van der Waals surface area contributed by atoms with Gasteiger partial charge in [-0.15, -0.1) is 0 Å². The van der Waals surface area contributed by atoms with Crippen LogP contribution in [0.2, 0.25) is 0 Å². The number of guanidine groups is 1. The van der Waals surface area contributed by atoms with Gasteiger partial charge in [0.1, 0.15) is 5.82 Å². The van der Waals surface area contributed by atoms with Gasteiger partial charge in [0.25, 0.3) is 0 Å². The molecule has 0 aliphatic carbocycles. The van der Waals surface area contributed by atoms with Crippen LogP contribution in [0.15, 0.2) is 27.7 Å². The zero-order chi connectivity index (χ0) is 19.3. The van der Waals surface area contributed by atoms with E-state index in [0.717, 1.165) is 16.6 Å². The molecule has 1 aromatic heterocycles. The van der Waals surface area contributed by atoms with Crippen LogP contribution >= 0.6 is 15.9 Å². The largest absolute Gasteiger partial charge is 0.356 e. The number of hydrogen-bond acceptors (Lipinski definition) is 2. The summed E-state index contributed by atoms with van der Waals surface area (Å²) < 4.78 is 16.6. The van der Waals surface area contributed by atoms with Crippen molar-refractivity contribution in [1.82, 2.24) is 20.4 Å². The Morgan fingerprint density at radius 2 is 2.12 bits per heavy atom. The monoisotopic (exact) mass is 423 g/mol. The van der Waals surface area contributed by atoms with Crippen molar-refractivity contribution >= 4 is 21.9 Å². The first kappa shape index (κ1) is 20.4. The van der Waals surface area contributed by atoms with Gasteiger partial charge in [0.2, 0.25) is 0 Å². The highest BCUT2D eigenvalue weighted by Gasteiger charge is 2.14. The first-order valence-electron chi connectivity index (χ1n) is 8.72. The molecule has 26 heavy (non-hydrogen) atoms. The number of aromatic nitrogens is 2. The van der Waals surface area contributed by atoms with Crippen LogP contribution in [0, 0.1) is 19.7 Å². The van der Waals surface area contributed by atoms with E-state index < -0.39 is 0 Å². The first-order valence-corrected chi connectivity index (χ1v) is 9.51. The number of aryl methyl sites for hydroxylation is 2. The summed E-state index contributed by atoms with van der Waals surface area (Å²) in [7, 11) is 3.70. The number of hydrogen-bond donors (Lipinski definition) is 2. The standard InChI is InChI=1S/C19H27BrFN5/c1-12(10-17-13(2)25-26(5)14(17)3)24-19(22-4)23-9-8-15-11-16(20)6-7-18(15)21/h6-7,11-12H,8-10H2,1-5H3,(H2,22,23,24). The molecule has 0 fully saturated rings. The van der Waals surface area contributed by atoms with E-state index in [4.69, 9.17) is 0 Å². The van der Waals surface area contributed by atoms with Crippen molar-refractivity contribution < 1.29 is 4.39 Å². The van der Waals surface area contributed by atoms with Crippen LogP contribution in [-0.2, 0) is 19.9 Å². The Bertz CT molecular complexity index is 784. The summed E-state index contributed by atoms with van der Waals surface area (Å²) in [6.45, 7) is 6.84. The molecule has 0 amide bonds. The lowest BCUT2D eigenvalue weighted by Crippen LogP contribution is -2.43. The molecule has 0 spiro atoms. The molecule has 0 aliphatic rings. The third kappa shape index (κ3) is 5.30. The Balaban J connectivity index is 1.88. The van der Waals surface area contributed by atoms with E-state index in [9.17, 15) is 4.39 Å². The van der Waals surface area contributed by atoms with Gasteiger partial charge in [-0.1, -0.05) is 15.9 Å². The second-order valence-corrected chi connectivity index (χ2v) is 7.42. The van der Waals surface area contributed by atoms with Crippen LogP contribution in [0.3, 0.4) is 0 Å². The number of nitrogens with one attached hydrogen (secondary N) is 2. The molecule has 1 heterocycles. The van der Waals surface area contributed by atoms with Crippen LogP contribution in [0.4, 0.5) is 4.39 Å². The second-order valence-electron chi connectivity index (χ2n) is 6.51. The summed E-state index contributed by atoms with van der Waals surface area (Å²) in [4.78, 5) is 4.26. The highest BCUT2D eigenvalue weighted by atomic mass is 79.9. The lowest BCUT2D eigenvalue weighted by molar-refractivity contribution is 0.603. The second kappa shape index (κ2) is 9.16. The van der Waals surface area contributed by atoms with Crippen molar-refractivity contribution in [3.63, 3.8) is 0 Å². The van der Waals surface area contributed by atoms with Gasteiger partial charge in [-0.05, 0) is 62.9 Å². The quantitative estimate of drug-likeness (QED) is 0.553. The molecule has 7 heteroatoms. The fourth-order valence-electron chi connectivity index (χ4n) is 2.95.